The van der Waals surface area contributed by atoms with E-state index in [1.165, 1.54) is 15.9 Å². The maximum atomic E-state index is 7.30. The highest BCUT2D eigenvalue weighted by atomic mass is 79.9. The van der Waals surface area contributed by atoms with Crippen molar-refractivity contribution in [2.24, 2.45) is 0 Å². The van der Waals surface area contributed by atoms with E-state index in [9.17, 15) is 0 Å². The molecule has 0 aromatic heterocycles. The third-order valence-corrected chi connectivity index (χ3v) is 13.9. The number of ether oxygens (including phenoxy) is 2. The van der Waals surface area contributed by atoms with Crippen LogP contribution in [-0.2, 0) is 27.1 Å². The Labute approximate surface area is 271 Å². The van der Waals surface area contributed by atoms with Gasteiger partial charge in [0.1, 0.15) is 17.2 Å². The van der Waals surface area contributed by atoms with E-state index in [-0.39, 0.29) is 17.2 Å². The molecule has 0 spiro atoms. The van der Waals surface area contributed by atoms with Gasteiger partial charge in [-0.25, -0.2) is 0 Å². The second-order valence-electron chi connectivity index (χ2n) is 12.2. The largest absolute Gasteiger partial charge is 0.405 e. The minimum absolute atomic E-state index is 0.135. The lowest BCUT2D eigenvalue weighted by molar-refractivity contribution is -0.0608. The molecule has 224 valence electrons. The molecule has 0 saturated carbocycles. The molecule has 0 radical (unpaired) electrons. The van der Waals surface area contributed by atoms with Crippen LogP contribution >= 0.6 is 28.1 Å². The zero-order valence-electron chi connectivity index (χ0n) is 25.3. The maximum Gasteiger partial charge on any atom is 0.261 e. The van der Waals surface area contributed by atoms with Crippen molar-refractivity contribution < 1.29 is 13.9 Å². The molecule has 1 saturated heterocycles. The van der Waals surface area contributed by atoms with Crippen LogP contribution in [0.25, 0.3) is 0 Å². The average Bonchev–Trinajstić information content (AvgIpc) is 3.30. The number of nitrogens with one attached hydrogen (secondary N) is 1. The van der Waals surface area contributed by atoms with Gasteiger partial charge in [-0.15, -0.1) is 0 Å². The van der Waals surface area contributed by atoms with Gasteiger partial charge in [0.25, 0.3) is 8.32 Å². The Morgan fingerprint density at radius 2 is 1.37 bits per heavy atom. The van der Waals surface area contributed by atoms with Crippen LogP contribution in [0.1, 0.15) is 37.5 Å². The highest BCUT2D eigenvalue weighted by molar-refractivity contribution is 9.10. The molecular weight excluding hydrogens is 634 g/mol. The number of halogens is 1. The molecule has 1 aliphatic heterocycles. The lowest BCUT2D eigenvalue weighted by atomic mass is 10.1. The second kappa shape index (κ2) is 14.0. The van der Waals surface area contributed by atoms with Crippen molar-refractivity contribution in [2.45, 2.75) is 64.2 Å². The molecule has 0 aliphatic carbocycles. The van der Waals surface area contributed by atoms with Crippen LogP contribution in [-0.4, -0.2) is 38.2 Å². The quantitative estimate of drug-likeness (QED) is 0.136. The molecule has 4 aromatic rings. The number of benzene rings is 4. The van der Waals surface area contributed by atoms with Crippen molar-refractivity contribution in [3.8, 4) is 0 Å². The molecule has 7 heteroatoms. The first-order valence-electron chi connectivity index (χ1n) is 14.8. The van der Waals surface area contributed by atoms with Crippen molar-refractivity contribution in [3.05, 3.63) is 130 Å². The van der Waals surface area contributed by atoms with E-state index in [1.54, 1.807) is 0 Å². The van der Waals surface area contributed by atoms with Crippen molar-refractivity contribution in [2.75, 3.05) is 6.61 Å². The molecule has 3 unspecified atom stereocenters. The molecule has 0 amide bonds. The van der Waals surface area contributed by atoms with E-state index < -0.39 is 14.4 Å². The van der Waals surface area contributed by atoms with E-state index in [1.807, 2.05) is 12.1 Å². The van der Waals surface area contributed by atoms with Gasteiger partial charge in [0.2, 0.25) is 0 Å². The van der Waals surface area contributed by atoms with Gasteiger partial charge in [0, 0.05) is 4.47 Å². The normalized spacial score (nSPS) is 18.9. The molecular formula is C36H40BrNO3SSi. The number of thiocarbonyl (C=S) groups is 1. The third kappa shape index (κ3) is 7.36. The van der Waals surface area contributed by atoms with Gasteiger partial charge < -0.3 is 19.2 Å². The summed E-state index contributed by atoms with van der Waals surface area (Å²) in [6.07, 6.45) is -0.710. The zero-order chi connectivity index (χ0) is 30.5. The van der Waals surface area contributed by atoms with E-state index >= 15 is 0 Å². The van der Waals surface area contributed by atoms with Crippen LogP contribution in [0.5, 0.6) is 0 Å². The summed E-state index contributed by atoms with van der Waals surface area (Å²) >= 11 is 9.40. The van der Waals surface area contributed by atoms with E-state index in [0.717, 1.165) is 15.6 Å². The Kier molecular flexibility index (Phi) is 10.3. The first kappa shape index (κ1) is 31.8. The molecule has 43 heavy (non-hydrogen) atoms. The highest BCUT2D eigenvalue weighted by Gasteiger charge is 2.52. The summed E-state index contributed by atoms with van der Waals surface area (Å²) in [7, 11) is -2.75. The Balaban J connectivity index is 1.44. The minimum Gasteiger partial charge on any atom is -0.405 e. The fraction of sp³-hybridized carbons (Fsp3) is 0.306. The highest BCUT2D eigenvalue weighted by Crippen LogP contribution is 2.37. The van der Waals surface area contributed by atoms with Gasteiger partial charge in [0.15, 0.2) is 0 Å². The van der Waals surface area contributed by atoms with Crippen LogP contribution in [0.15, 0.2) is 114 Å². The molecule has 1 N–H and O–H groups in total. The zero-order valence-corrected chi connectivity index (χ0v) is 28.7. The van der Waals surface area contributed by atoms with Crippen molar-refractivity contribution in [1.82, 2.24) is 5.32 Å². The standard InChI is InChI=1S/C36H40BrNO3SSi/c1-26-12-11-13-28(22-26)24-39-33-32(38-35(42)34(33)40-23-27-18-20-29(37)21-19-27)25-41-43(36(2,3)4,30-14-7-5-8-15-30)31-16-9-6-10-17-31/h5-22,32-34H,23-25H2,1-4H3,(H,38,42). The molecule has 0 bridgehead atoms. The Morgan fingerprint density at radius 1 is 0.767 bits per heavy atom. The van der Waals surface area contributed by atoms with Crippen molar-refractivity contribution >= 4 is 51.8 Å². The minimum atomic E-state index is -2.75. The van der Waals surface area contributed by atoms with Gasteiger partial charge >= 0.3 is 0 Å². The summed E-state index contributed by atoms with van der Waals surface area (Å²) in [5, 5.41) is 5.90. The Bertz CT molecular complexity index is 1460. The van der Waals surface area contributed by atoms with Crippen LogP contribution in [0, 0.1) is 6.92 Å². The molecule has 4 nitrogen and oxygen atoms in total. The van der Waals surface area contributed by atoms with Gasteiger partial charge in [-0.3, -0.25) is 0 Å². The lowest BCUT2D eigenvalue weighted by Crippen LogP contribution is -2.67. The summed E-state index contributed by atoms with van der Waals surface area (Å²) in [4.78, 5) is 0.655. The molecule has 5 rings (SSSR count). The first-order valence-corrected chi connectivity index (χ1v) is 17.9. The number of hydrogen-bond donors (Lipinski definition) is 1. The van der Waals surface area contributed by atoms with Crippen LogP contribution in [0.2, 0.25) is 5.04 Å². The monoisotopic (exact) mass is 673 g/mol. The summed E-state index contributed by atoms with van der Waals surface area (Å²) in [5.74, 6) is 0. The van der Waals surface area contributed by atoms with Crippen LogP contribution in [0.4, 0.5) is 0 Å². The number of hydrogen-bond acceptors (Lipinski definition) is 4. The van der Waals surface area contributed by atoms with Gasteiger partial charge in [-0.05, 0) is 45.6 Å². The summed E-state index contributed by atoms with van der Waals surface area (Å²) < 4.78 is 21.5. The molecule has 1 fully saturated rings. The van der Waals surface area contributed by atoms with Crippen LogP contribution in [0.3, 0.4) is 0 Å². The third-order valence-electron chi connectivity index (χ3n) is 8.04. The van der Waals surface area contributed by atoms with Crippen molar-refractivity contribution in [3.63, 3.8) is 0 Å². The smallest absolute Gasteiger partial charge is 0.261 e. The van der Waals surface area contributed by atoms with E-state index in [4.69, 9.17) is 26.1 Å². The maximum absolute atomic E-state index is 7.30. The molecule has 1 heterocycles. The van der Waals surface area contributed by atoms with Crippen molar-refractivity contribution in [1.29, 1.82) is 0 Å². The van der Waals surface area contributed by atoms with E-state index in [2.05, 4.69) is 146 Å². The first-order chi connectivity index (χ1) is 20.7. The summed E-state index contributed by atoms with van der Waals surface area (Å²) in [5.41, 5.74) is 3.40. The summed E-state index contributed by atoms with van der Waals surface area (Å²) in [6, 6.07) is 37.8. The predicted octanol–water partition coefficient (Wildman–Crippen LogP) is 7.10. The fourth-order valence-corrected chi connectivity index (χ4v) is 11.2. The van der Waals surface area contributed by atoms with Crippen LogP contribution < -0.4 is 15.7 Å². The van der Waals surface area contributed by atoms with Gasteiger partial charge in [0.05, 0.1) is 25.9 Å². The topological polar surface area (TPSA) is 39.7 Å². The van der Waals surface area contributed by atoms with Gasteiger partial charge in [-0.2, -0.15) is 0 Å². The lowest BCUT2D eigenvalue weighted by Gasteiger charge is -2.43. The fourth-order valence-electron chi connectivity index (χ4n) is 5.96. The Hall–Kier alpha value is -2.65. The molecule has 4 aromatic carbocycles. The van der Waals surface area contributed by atoms with E-state index in [0.29, 0.717) is 24.8 Å². The number of aryl methyl sites for hydroxylation is 1. The Morgan fingerprint density at radius 3 is 1.95 bits per heavy atom. The molecule has 1 aliphatic rings. The average molecular weight is 675 g/mol. The summed E-state index contributed by atoms with van der Waals surface area (Å²) in [6.45, 7) is 10.3. The SMILES string of the molecule is Cc1cccc(COC2C(CO[Si](c3ccccc3)(c3ccccc3)C(C)(C)C)NC(=S)C2OCc2ccc(Br)cc2)c1. The second-order valence-corrected chi connectivity index (χ2v) is 17.9. The van der Waals surface area contributed by atoms with Gasteiger partial charge in [-0.1, -0.05) is 152 Å². The predicted molar refractivity (Wildman–Crippen MR) is 186 cm³/mol. The molecule has 3 atom stereocenters. The number of rotatable bonds is 11.